The van der Waals surface area contributed by atoms with E-state index < -0.39 is 0 Å². The summed E-state index contributed by atoms with van der Waals surface area (Å²) in [6.45, 7) is 6.28. The first-order chi connectivity index (χ1) is 13.6. The van der Waals surface area contributed by atoms with Crippen LogP contribution in [0.15, 0.2) is 17.1 Å². The molecule has 7 heteroatoms. The minimum Gasteiger partial charge on any atom is -0.496 e. The van der Waals surface area contributed by atoms with Gasteiger partial charge in [0.05, 0.1) is 21.3 Å². The van der Waals surface area contributed by atoms with Crippen LogP contribution in [0.5, 0.6) is 17.2 Å². The van der Waals surface area contributed by atoms with E-state index in [0.29, 0.717) is 6.04 Å². The van der Waals surface area contributed by atoms with E-state index >= 15 is 0 Å². The lowest BCUT2D eigenvalue weighted by molar-refractivity contribution is 0.233. The van der Waals surface area contributed by atoms with E-state index in [1.165, 1.54) is 19.4 Å². The van der Waals surface area contributed by atoms with Crippen molar-refractivity contribution in [2.45, 2.75) is 32.2 Å². The quantitative estimate of drug-likeness (QED) is 0.514. The maximum absolute atomic E-state index is 5.54. The molecule has 0 aliphatic carbocycles. The van der Waals surface area contributed by atoms with Gasteiger partial charge in [-0.15, -0.1) is 0 Å². The van der Waals surface area contributed by atoms with Gasteiger partial charge in [-0.25, -0.2) is 0 Å². The second-order valence-electron chi connectivity index (χ2n) is 7.04. The van der Waals surface area contributed by atoms with Gasteiger partial charge in [-0.05, 0) is 32.4 Å². The fourth-order valence-corrected chi connectivity index (χ4v) is 3.93. The van der Waals surface area contributed by atoms with Crippen LogP contribution in [0, 0.1) is 0 Å². The highest BCUT2D eigenvalue weighted by Gasteiger charge is 2.25. The van der Waals surface area contributed by atoms with Crippen LogP contribution in [0.25, 0.3) is 0 Å². The molecule has 1 heterocycles. The number of aliphatic imine (C=N–C) groups is 1. The molecule has 0 amide bonds. The molecule has 7 nitrogen and oxygen atoms in total. The van der Waals surface area contributed by atoms with E-state index in [4.69, 9.17) is 14.2 Å². The van der Waals surface area contributed by atoms with Crippen molar-refractivity contribution in [2.24, 2.45) is 4.99 Å². The third-order valence-electron chi connectivity index (χ3n) is 5.44. The van der Waals surface area contributed by atoms with Gasteiger partial charge in [-0.3, -0.25) is 9.89 Å². The van der Waals surface area contributed by atoms with Gasteiger partial charge in [0, 0.05) is 50.9 Å². The molecule has 0 radical (unpaired) electrons. The zero-order chi connectivity index (χ0) is 20.5. The monoisotopic (exact) mass is 392 g/mol. The SMILES string of the molecule is CCN1CCCC1CN(C)C(=NC)NCCc1c(OC)cc(OC)cc1OC. The summed E-state index contributed by atoms with van der Waals surface area (Å²) in [6, 6.07) is 4.38. The van der Waals surface area contributed by atoms with Crippen LogP contribution in [0.4, 0.5) is 0 Å². The molecular weight excluding hydrogens is 356 g/mol. The second kappa shape index (κ2) is 11.0. The van der Waals surface area contributed by atoms with Crippen LogP contribution in [0.1, 0.15) is 25.3 Å². The van der Waals surface area contributed by atoms with Crippen molar-refractivity contribution in [3.05, 3.63) is 17.7 Å². The van der Waals surface area contributed by atoms with Crippen LogP contribution in [-0.2, 0) is 6.42 Å². The minimum atomic E-state index is 0.607. The number of guanidine groups is 1. The highest BCUT2D eigenvalue weighted by atomic mass is 16.5. The number of benzene rings is 1. The van der Waals surface area contributed by atoms with Crippen LogP contribution < -0.4 is 19.5 Å². The Labute approximate surface area is 169 Å². The van der Waals surface area contributed by atoms with Gasteiger partial charge in [0.25, 0.3) is 0 Å². The molecule has 158 valence electrons. The zero-order valence-electron chi connectivity index (χ0n) is 18.2. The molecule has 1 aromatic carbocycles. The summed E-state index contributed by atoms with van der Waals surface area (Å²) in [4.78, 5) is 9.23. The topological polar surface area (TPSA) is 58.6 Å². The van der Waals surface area contributed by atoms with Crippen molar-refractivity contribution in [1.82, 2.24) is 15.1 Å². The van der Waals surface area contributed by atoms with Gasteiger partial charge in [-0.2, -0.15) is 0 Å². The lowest BCUT2D eigenvalue weighted by Crippen LogP contribution is -2.46. The van der Waals surface area contributed by atoms with Crippen LogP contribution in [0.2, 0.25) is 0 Å². The van der Waals surface area contributed by atoms with E-state index in [1.54, 1.807) is 21.3 Å². The first-order valence-corrected chi connectivity index (χ1v) is 10.0. The molecule has 1 saturated heterocycles. The molecule has 0 bridgehead atoms. The van der Waals surface area contributed by atoms with Crippen LogP contribution >= 0.6 is 0 Å². The number of rotatable bonds is 9. The minimum absolute atomic E-state index is 0.607. The number of hydrogen-bond donors (Lipinski definition) is 1. The van der Waals surface area contributed by atoms with Crippen molar-refractivity contribution in [2.75, 3.05) is 61.6 Å². The summed E-state index contributed by atoms with van der Waals surface area (Å²) in [5, 5.41) is 3.47. The molecule has 1 aromatic rings. The number of ether oxygens (including phenoxy) is 3. The standard InChI is InChI=1S/C21H36N4O3/c1-7-25-12-8-9-16(25)15-24(3)21(22-2)23-11-10-18-19(27-5)13-17(26-4)14-20(18)28-6/h13-14,16H,7-12,15H2,1-6H3,(H,22,23). The molecule has 1 aliphatic heterocycles. The van der Waals surface area contributed by atoms with Crippen molar-refractivity contribution in [1.29, 1.82) is 0 Å². The first kappa shape index (κ1) is 22.1. The molecule has 1 fully saturated rings. The summed E-state index contributed by atoms with van der Waals surface area (Å²) >= 11 is 0. The summed E-state index contributed by atoms with van der Waals surface area (Å²) in [5.41, 5.74) is 1.02. The maximum Gasteiger partial charge on any atom is 0.193 e. The molecule has 0 saturated carbocycles. The summed E-state index contributed by atoms with van der Waals surface area (Å²) in [5.74, 6) is 3.17. The van der Waals surface area contributed by atoms with Crippen LogP contribution in [0.3, 0.4) is 0 Å². The Kier molecular flexibility index (Phi) is 8.70. The van der Waals surface area contributed by atoms with Crippen LogP contribution in [-0.4, -0.2) is 83.4 Å². The molecule has 1 unspecified atom stereocenters. The van der Waals surface area contributed by atoms with Gasteiger partial charge in [-0.1, -0.05) is 6.92 Å². The first-order valence-electron chi connectivity index (χ1n) is 10.0. The van der Waals surface area contributed by atoms with Gasteiger partial charge in [0.15, 0.2) is 5.96 Å². The normalized spacial score (nSPS) is 17.5. The largest absolute Gasteiger partial charge is 0.496 e. The van der Waals surface area contributed by atoms with Gasteiger partial charge in [0.1, 0.15) is 17.2 Å². The highest BCUT2D eigenvalue weighted by Crippen LogP contribution is 2.34. The molecule has 1 atom stereocenters. The zero-order valence-corrected chi connectivity index (χ0v) is 18.2. The number of methoxy groups -OCH3 is 3. The van der Waals surface area contributed by atoms with Crippen molar-refractivity contribution < 1.29 is 14.2 Å². The van der Waals surface area contributed by atoms with Gasteiger partial charge >= 0.3 is 0 Å². The van der Waals surface area contributed by atoms with E-state index in [2.05, 4.69) is 34.1 Å². The lowest BCUT2D eigenvalue weighted by atomic mass is 10.1. The maximum atomic E-state index is 5.54. The molecule has 1 aliphatic rings. The fourth-order valence-electron chi connectivity index (χ4n) is 3.93. The molecular formula is C21H36N4O3. The third kappa shape index (κ3) is 5.44. The Hall–Kier alpha value is -2.15. The number of nitrogens with zero attached hydrogens (tertiary/aromatic N) is 3. The number of nitrogens with one attached hydrogen (secondary N) is 1. The van der Waals surface area contributed by atoms with Crippen molar-refractivity contribution in [3.63, 3.8) is 0 Å². The summed E-state index contributed by atoms with van der Waals surface area (Å²) in [6.07, 6.45) is 3.30. The predicted molar refractivity (Wildman–Crippen MR) is 114 cm³/mol. The Morgan fingerprint density at radius 2 is 1.89 bits per heavy atom. The van der Waals surface area contributed by atoms with Crippen molar-refractivity contribution in [3.8, 4) is 17.2 Å². The smallest absolute Gasteiger partial charge is 0.193 e. The molecule has 0 spiro atoms. The fraction of sp³-hybridized carbons (Fsp3) is 0.667. The third-order valence-corrected chi connectivity index (χ3v) is 5.44. The van der Waals surface area contributed by atoms with E-state index in [9.17, 15) is 0 Å². The average molecular weight is 393 g/mol. The Bertz CT molecular complexity index is 626. The Morgan fingerprint density at radius 1 is 1.21 bits per heavy atom. The second-order valence-corrected chi connectivity index (χ2v) is 7.04. The Balaban J connectivity index is 1.97. The van der Waals surface area contributed by atoms with Gasteiger partial charge in [0.2, 0.25) is 0 Å². The average Bonchev–Trinajstić information content (AvgIpc) is 3.17. The summed E-state index contributed by atoms with van der Waals surface area (Å²) < 4.78 is 16.4. The number of hydrogen-bond acceptors (Lipinski definition) is 5. The van der Waals surface area contributed by atoms with E-state index in [1.807, 2.05) is 19.2 Å². The number of likely N-dealkylation sites (N-methyl/N-ethyl adjacent to an activating group) is 2. The molecule has 2 rings (SSSR count). The molecule has 0 aromatic heterocycles. The van der Waals surface area contributed by atoms with E-state index in [0.717, 1.165) is 54.8 Å². The highest BCUT2D eigenvalue weighted by molar-refractivity contribution is 5.79. The van der Waals surface area contributed by atoms with Crippen molar-refractivity contribution >= 4 is 5.96 Å². The molecule has 1 N–H and O–H groups in total. The lowest BCUT2D eigenvalue weighted by Gasteiger charge is -2.29. The molecule has 28 heavy (non-hydrogen) atoms. The van der Waals surface area contributed by atoms with E-state index in [-0.39, 0.29) is 0 Å². The summed E-state index contributed by atoms with van der Waals surface area (Å²) in [7, 11) is 8.91. The number of likely N-dealkylation sites (tertiary alicyclic amines) is 1. The van der Waals surface area contributed by atoms with Gasteiger partial charge < -0.3 is 24.4 Å². The Morgan fingerprint density at radius 3 is 2.43 bits per heavy atom. The predicted octanol–water partition coefficient (Wildman–Crippen LogP) is 2.25.